The van der Waals surface area contributed by atoms with Crippen LogP contribution in [0.4, 0.5) is 0 Å². The molecule has 0 heterocycles. The first-order valence-corrected chi connectivity index (χ1v) is 31.0. The molecule has 176 valence electrons. The maximum Gasteiger partial charge on any atom is 4.00 e. The minimum absolute atomic E-state index is 0. The third kappa shape index (κ3) is 58.8. The summed E-state index contributed by atoms with van der Waals surface area (Å²) in [4.78, 5) is 0. The van der Waals surface area contributed by atoms with E-state index in [1.165, 1.54) is 0 Å². The van der Waals surface area contributed by atoms with Crippen LogP contribution in [0.2, 0.25) is 118 Å². The van der Waals surface area contributed by atoms with Crippen molar-refractivity contribution in [1.82, 2.24) is 0 Å². The van der Waals surface area contributed by atoms with Gasteiger partial charge in [-0.05, 0) is 0 Å². The van der Waals surface area contributed by atoms with E-state index in [9.17, 15) is 0 Å². The van der Waals surface area contributed by atoms with Gasteiger partial charge in [-0.3, -0.25) is 0 Å². The van der Waals surface area contributed by atoms with Gasteiger partial charge in [0.1, 0.15) is 0 Å². The van der Waals surface area contributed by atoms with Crippen molar-refractivity contribution in [2.45, 2.75) is 118 Å². The average molecular weight is 587 g/mol. The second kappa shape index (κ2) is 15.1. The molecule has 0 saturated heterocycles. The van der Waals surface area contributed by atoms with Crippen LogP contribution < -0.4 is 0 Å². The van der Waals surface area contributed by atoms with Crippen LogP contribution in [0.25, 0.3) is 13.9 Å². The van der Waals surface area contributed by atoms with Gasteiger partial charge < -0.3 is 21.4 Å². The van der Waals surface area contributed by atoms with Crippen LogP contribution in [-0.2, 0) is 26.2 Å². The molecule has 0 aliphatic rings. The monoisotopic (exact) mass is 585 g/mol. The number of hydrogen-bond donors (Lipinski definition) is 0. The SMILES string of the molecule is C[Si](C)(C)[N-][Si](C)(C)C.C[Si](C)(C)[N-][Si](C)(C)C.C[Si](C)(C)[N-][Si](C)(C)C.[CH3-].[Zr+4]. The molecule has 0 N–H and O–H groups in total. The largest absolute Gasteiger partial charge is 4.00 e. The van der Waals surface area contributed by atoms with Crippen molar-refractivity contribution < 1.29 is 26.2 Å². The van der Waals surface area contributed by atoms with Crippen molar-refractivity contribution in [2.24, 2.45) is 0 Å². The molecule has 0 amide bonds. The van der Waals surface area contributed by atoms with Gasteiger partial charge in [-0.15, -0.1) is 0 Å². The Bertz CT molecular complexity index is 297. The van der Waals surface area contributed by atoms with Gasteiger partial charge in [0, 0.05) is 0 Å². The van der Waals surface area contributed by atoms with Crippen LogP contribution >= 0.6 is 0 Å². The standard InChI is InChI=1S/3C6H18NSi2.CH3.Zr/c3*1-8(2,3)7-9(4,5)6;;/h3*1-6H3;1H3;/q4*-1;+4. The third-order valence-corrected chi connectivity index (χ3v) is 18.1. The Labute approximate surface area is 213 Å². The van der Waals surface area contributed by atoms with Gasteiger partial charge >= 0.3 is 26.2 Å². The number of rotatable bonds is 6. The normalized spacial score (nSPS) is 13.0. The van der Waals surface area contributed by atoms with Crippen LogP contribution in [0.3, 0.4) is 0 Å². The van der Waals surface area contributed by atoms with Crippen molar-refractivity contribution >= 4 is 49.4 Å². The van der Waals surface area contributed by atoms with Gasteiger partial charge in [0.2, 0.25) is 0 Å². The smallest absolute Gasteiger partial charge is 0.668 e. The van der Waals surface area contributed by atoms with Crippen molar-refractivity contribution in [3.05, 3.63) is 21.4 Å². The molecule has 0 radical (unpaired) electrons. The van der Waals surface area contributed by atoms with Crippen LogP contribution in [0.15, 0.2) is 0 Å². The summed E-state index contributed by atoms with van der Waals surface area (Å²) in [5.41, 5.74) is 0. The van der Waals surface area contributed by atoms with Crippen LogP contribution in [0, 0.1) is 7.43 Å². The molecule has 0 rings (SSSR count). The summed E-state index contributed by atoms with van der Waals surface area (Å²) < 4.78 is 14.5. The third-order valence-electron chi connectivity index (χ3n) is 2.01. The molecule has 0 saturated carbocycles. The van der Waals surface area contributed by atoms with Gasteiger partial charge in [-0.1, -0.05) is 167 Å². The zero-order chi connectivity index (χ0) is 23.1. The van der Waals surface area contributed by atoms with E-state index >= 15 is 0 Å². The molecule has 0 unspecified atom stereocenters. The minimum Gasteiger partial charge on any atom is -0.668 e. The van der Waals surface area contributed by atoms with E-state index in [0.717, 1.165) is 0 Å². The van der Waals surface area contributed by atoms with Gasteiger partial charge in [0.15, 0.2) is 0 Å². The second-order valence-corrected chi connectivity index (χ2v) is 42.1. The molecule has 10 heteroatoms. The van der Waals surface area contributed by atoms with E-state index in [1.54, 1.807) is 0 Å². The molecule has 3 nitrogen and oxygen atoms in total. The molecule has 0 aromatic carbocycles. The summed E-state index contributed by atoms with van der Waals surface area (Å²) in [5.74, 6) is 0. The van der Waals surface area contributed by atoms with Gasteiger partial charge in [-0.25, -0.2) is 0 Å². The summed E-state index contributed by atoms with van der Waals surface area (Å²) in [6, 6.07) is 0. The van der Waals surface area contributed by atoms with Gasteiger partial charge in [0.25, 0.3) is 0 Å². The zero-order valence-corrected chi connectivity index (χ0v) is 32.3. The zero-order valence-electron chi connectivity index (χ0n) is 23.8. The fraction of sp³-hybridized carbons (Fsp3) is 0.947. The first kappa shape index (κ1) is 41.3. The van der Waals surface area contributed by atoms with E-state index in [4.69, 9.17) is 13.9 Å². The Hall–Kier alpha value is 2.06. The summed E-state index contributed by atoms with van der Waals surface area (Å²) in [5, 5.41) is 0. The molecular formula is C19H57N3Si6Zr. The summed E-state index contributed by atoms with van der Waals surface area (Å²) in [6.45, 7) is 41.3. The first-order chi connectivity index (χ1) is 11.1. The number of hydrogen-bond acceptors (Lipinski definition) is 0. The predicted molar refractivity (Wildman–Crippen MR) is 157 cm³/mol. The molecule has 0 aliphatic heterocycles. The minimum atomic E-state index is -1.11. The van der Waals surface area contributed by atoms with Crippen molar-refractivity contribution in [3.8, 4) is 0 Å². The molecular weight excluding hydrogens is 530 g/mol. The average Bonchev–Trinajstić information content (AvgIpc) is 1.96. The van der Waals surface area contributed by atoms with E-state index in [1.807, 2.05) is 0 Å². The Morgan fingerprint density at radius 1 is 0.276 bits per heavy atom. The summed E-state index contributed by atoms with van der Waals surface area (Å²) >= 11 is 0. The van der Waals surface area contributed by atoms with E-state index in [0.29, 0.717) is 0 Å². The fourth-order valence-electron chi connectivity index (χ4n) is 3.02. The maximum absolute atomic E-state index is 4.82. The van der Waals surface area contributed by atoms with Crippen LogP contribution in [0.5, 0.6) is 0 Å². The molecule has 0 fully saturated rings. The predicted octanol–water partition coefficient (Wildman–Crippen LogP) is 9.54. The van der Waals surface area contributed by atoms with Crippen LogP contribution in [0.1, 0.15) is 0 Å². The quantitative estimate of drug-likeness (QED) is 0.220. The Kier molecular flexibility index (Phi) is 21.5. The molecule has 0 atom stereocenters. The molecule has 0 aromatic heterocycles. The second-order valence-electron chi connectivity index (χ2n) is 13.4. The van der Waals surface area contributed by atoms with E-state index in [2.05, 4.69) is 118 Å². The Morgan fingerprint density at radius 2 is 0.345 bits per heavy atom. The van der Waals surface area contributed by atoms with Crippen molar-refractivity contribution in [2.75, 3.05) is 0 Å². The molecule has 29 heavy (non-hydrogen) atoms. The first-order valence-electron chi connectivity index (χ1n) is 10.3. The summed E-state index contributed by atoms with van der Waals surface area (Å²) in [7, 11) is -6.64. The fourth-order valence-corrected chi connectivity index (χ4v) is 27.2. The topological polar surface area (TPSA) is 42.3 Å². The van der Waals surface area contributed by atoms with Gasteiger partial charge in [-0.2, -0.15) is 0 Å². The Morgan fingerprint density at radius 3 is 0.345 bits per heavy atom. The summed E-state index contributed by atoms with van der Waals surface area (Å²) in [6.07, 6.45) is 0. The molecule has 0 spiro atoms. The van der Waals surface area contributed by atoms with E-state index < -0.39 is 49.4 Å². The molecule has 0 aliphatic carbocycles. The van der Waals surface area contributed by atoms with Gasteiger partial charge in [0.05, 0.1) is 0 Å². The van der Waals surface area contributed by atoms with Crippen molar-refractivity contribution in [1.29, 1.82) is 0 Å². The maximum atomic E-state index is 4.82. The van der Waals surface area contributed by atoms with Crippen molar-refractivity contribution in [3.63, 3.8) is 0 Å². The van der Waals surface area contributed by atoms with Crippen LogP contribution in [-0.4, -0.2) is 49.4 Å². The number of nitrogens with zero attached hydrogens (tertiary/aromatic N) is 3. The Balaban J connectivity index is -0.0000000960. The molecule has 0 aromatic rings. The van der Waals surface area contributed by atoms with E-state index in [-0.39, 0.29) is 33.6 Å². The molecule has 0 bridgehead atoms.